The Labute approximate surface area is 164 Å². The van der Waals surface area contributed by atoms with Crippen LogP contribution in [0.15, 0.2) is 65.1 Å². The van der Waals surface area contributed by atoms with E-state index in [1.54, 1.807) is 6.92 Å². The van der Waals surface area contributed by atoms with Gasteiger partial charge in [0.15, 0.2) is 5.76 Å². The van der Waals surface area contributed by atoms with Gasteiger partial charge in [0, 0.05) is 34.0 Å². The van der Waals surface area contributed by atoms with Gasteiger partial charge in [0.1, 0.15) is 5.58 Å². The van der Waals surface area contributed by atoms with E-state index in [2.05, 4.69) is 10.9 Å². The van der Waals surface area contributed by atoms with Crippen LogP contribution >= 0.6 is 0 Å². The highest BCUT2D eigenvalue weighted by Crippen LogP contribution is 2.31. The highest BCUT2D eigenvalue weighted by atomic mass is 16.6. The number of aryl methyl sites for hydroxylation is 1. The molecule has 0 aliphatic carbocycles. The predicted molar refractivity (Wildman–Crippen MR) is 106 cm³/mol. The maximum absolute atomic E-state index is 12.6. The van der Waals surface area contributed by atoms with Crippen molar-refractivity contribution in [3.8, 4) is 0 Å². The first kappa shape index (κ1) is 18.2. The molecule has 4 aromatic rings. The topological polar surface area (TPSA) is 114 Å². The van der Waals surface area contributed by atoms with Crippen molar-refractivity contribution in [1.82, 2.24) is 10.9 Å². The van der Waals surface area contributed by atoms with Crippen molar-refractivity contribution in [2.45, 2.75) is 6.92 Å². The van der Waals surface area contributed by atoms with Gasteiger partial charge in [-0.3, -0.25) is 30.6 Å². The number of rotatable bonds is 3. The van der Waals surface area contributed by atoms with Crippen molar-refractivity contribution in [2.24, 2.45) is 0 Å². The Morgan fingerprint density at radius 1 is 0.931 bits per heavy atom. The molecule has 1 aromatic heterocycles. The monoisotopic (exact) mass is 389 g/mol. The lowest BCUT2D eigenvalue weighted by molar-refractivity contribution is -0.384. The van der Waals surface area contributed by atoms with Crippen LogP contribution in [-0.4, -0.2) is 16.7 Å². The fourth-order valence-corrected chi connectivity index (χ4v) is 3.17. The lowest BCUT2D eigenvalue weighted by Crippen LogP contribution is -2.41. The zero-order valence-corrected chi connectivity index (χ0v) is 15.3. The number of benzene rings is 3. The minimum atomic E-state index is -0.679. The summed E-state index contributed by atoms with van der Waals surface area (Å²) < 4.78 is 5.81. The lowest BCUT2D eigenvalue weighted by Gasteiger charge is -2.06. The molecule has 3 aromatic carbocycles. The summed E-state index contributed by atoms with van der Waals surface area (Å²) in [5.74, 6) is -1.22. The molecule has 2 amide bonds. The summed E-state index contributed by atoms with van der Waals surface area (Å²) in [7, 11) is 0. The van der Waals surface area contributed by atoms with Gasteiger partial charge in [-0.2, -0.15) is 0 Å². The summed E-state index contributed by atoms with van der Waals surface area (Å²) in [5, 5.41) is 13.5. The number of nitro benzene ring substituents is 1. The van der Waals surface area contributed by atoms with Crippen LogP contribution in [0.4, 0.5) is 5.69 Å². The molecule has 0 bridgehead atoms. The average molecular weight is 389 g/mol. The lowest BCUT2D eigenvalue weighted by atomic mass is 10.1. The standard InChI is InChI=1S/C21H15N3O5/c1-12-16-10-9-13-5-2-3-8-17(13)19(16)29-18(12)21(26)23-22-20(25)14-6-4-7-15(11-14)24(27)28/h2-11H,1H3,(H,22,25)(H,23,26). The van der Waals surface area contributed by atoms with Crippen LogP contribution in [0.25, 0.3) is 21.7 Å². The molecule has 1 heterocycles. The molecule has 8 nitrogen and oxygen atoms in total. The highest BCUT2D eigenvalue weighted by molar-refractivity contribution is 6.09. The van der Waals surface area contributed by atoms with Crippen LogP contribution in [0.1, 0.15) is 26.5 Å². The van der Waals surface area contributed by atoms with Gasteiger partial charge < -0.3 is 4.42 Å². The number of nitrogens with one attached hydrogen (secondary N) is 2. The number of hydrazine groups is 1. The maximum Gasteiger partial charge on any atom is 0.305 e. The van der Waals surface area contributed by atoms with E-state index in [-0.39, 0.29) is 17.0 Å². The highest BCUT2D eigenvalue weighted by Gasteiger charge is 2.20. The molecule has 0 fully saturated rings. The van der Waals surface area contributed by atoms with Gasteiger partial charge in [-0.05, 0) is 18.4 Å². The number of carbonyl (C=O) groups is 2. The molecule has 0 aliphatic heterocycles. The van der Waals surface area contributed by atoms with E-state index in [9.17, 15) is 19.7 Å². The molecule has 0 saturated carbocycles. The summed E-state index contributed by atoms with van der Waals surface area (Å²) in [6.45, 7) is 1.76. The molecule has 0 spiro atoms. The molecule has 144 valence electrons. The van der Waals surface area contributed by atoms with Crippen LogP contribution in [-0.2, 0) is 0 Å². The summed E-state index contributed by atoms with van der Waals surface area (Å²) in [6.07, 6.45) is 0. The fourth-order valence-electron chi connectivity index (χ4n) is 3.17. The van der Waals surface area contributed by atoms with E-state index >= 15 is 0 Å². The largest absolute Gasteiger partial charge is 0.450 e. The third-order valence-corrected chi connectivity index (χ3v) is 4.64. The first-order chi connectivity index (χ1) is 14.0. The van der Waals surface area contributed by atoms with E-state index in [0.29, 0.717) is 11.1 Å². The van der Waals surface area contributed by atoms with Crippen molar-refractivity contribution >= 4 is 39.2 Å². The molecular weight excluding hydrogens is 374 g/mol. The van der Waals surface area contributed by atoms with Crippen molar-refractivity contribution in [1.29, 1.82) is 0 Å². The molecular formula is C21H15N3O5. The summed E-state index contributed by atoms with van der Waals surface area (Å²) in [6, 6.07) is 16.7. The molecule has 0 unspecified atom stereocenters. The number of furan rings is 1. The Morgan fingerprint density at radius 2 is 1.69 bits per heavy atom. The van der Waals surface area contributed by atoms with Crippen LogP contribution in [0.3, 0.4) is 0 Å². The van der Waals surface area contributed by atoms with Crippen LogP contribution in [0, 0.1) is 17.0 Å². The number of hydrogen-bond acceptors (Lipinski definition) is 5. The summed E-state index contributed by atoms with van der Waals surface area (Å²) in [4.78, 5) is 35.0. The molecule has 4 rings (SSSR count). The summed E-state index contributed by atoms with van der Waals surface area (Å²) in [5.41, 5.74) is 5.61. The first-order valence-electron chi connectivity index (χ1n) is 8.71. The molecule has 0 radical (unpaired) electrons. The van der Waals surface area contributed by atoms with Gasteiger partial charge in [-0.25, -0.2) is 0 Å². The first-order valence-corrected chi connectivity index (χ1v) is 8.71. The summed E-state index contributed by atoms with van der Waals surface area (Å²) >= 11 is 0. The predicted octanol–water partition coefficient (Wildman–Crippen LogP) is 3.88. The van der Waals surface area contributed by atoms with Crippen molar-refractivity contribution < 1.29 is 18.9 Å². The van der Waals surface area contributed by atoms with Crippen LogP contribution in [0.2, 0.25) is 0 Å². The Hall–Kier alpha value is -4.20. The Balaban J connectivity index is 1.57. The second-order valence-electron chi connectivity index (χ2n) is 6.44. The number of nitrogens with zero attached hydrogens (tertiary/aromatic N) is 1. The molecule has 0 saturated heterocycles. The number of hydrogen-bond donors (Lipinski definition) is 2. The van der Waals surface area contributed by atoms with E-state index in [0.717, 1.165) is 22.2 Å². The number of fused-ring (bicyclic) bond motifs is 3. The zero-order valence-electron chi connectivity index (χ0n) is 15.3. The fraction of sp³-hybridized carbons (Fsp3) is 0.0476. The molecule has 29 heavy (non-hydrogen) atoms. The van der Waals surface area contributed by atoms with Crippen LogP contribution < -0.4 is 10.9 Å². The minimum absolute atomic E-state index is 0.0480. The van der Waals surface area contributed by atoms with E-state index < -0.39 is 16.7 Å². The maximum atomic E-state index is 12.6. The zero-order chi connectivity index (χ0) is 20.5. The number of nitro groups is 1. The van der Waals surface area contributed by atoms with E-state index in [1.807, 2.05) is 36.4 Å². The normalized spacial score (nSPS) is 10.8. The number of amides is 2. The molecule has 0 atom stereocenters. The smallest absolute Gasteiger partial charge is 0.305 e. The van der Waals surface area contributed by atoms with E-state index in [4.69, 9.17) is 4.42 Å². The average Bonchev–Trinajstić information content (AvgIpc) is 3.09. The van der Waals surface area contributed by atoms with Gasteiger partial charge >= 0.3 is 5.91 Å². The molecule has 8 heteroatoms. The van der Waals surface area contributed by atoms with Crippen molar-refractivity contribution in [3.63, 3.8) is 0 Å². The third kappa shape index (κ3) is 3.27. The van der Waals surface area contributed by atoms with Gasteiger partial charge in [0.25, 0.3) is 11.6 Å². The SMILES string of the molecule is Cc1c(C(=O)NNC(=O)c2cccc([N+](=O)[O-])c2)oc2c1ccc1ccccc12. The van der Waals surface area contributed by atoms with Crippen molar-refractivity contribution in [2.75, 3.05) is 0 Å². The quantitative estimate of drug-likeness (QED) is 0.408. The van der Waals surface area contributed by atoms with Gasteiger partial charge in [0.05, 0.1) is 4.92 Å². The number of carbonyl (C=O) groups excluding carboxylic acids is 2. The Morgan fingerprint density at radius 3 is 2.48 bits per heavy atom. The Bertz CT molecular complexity index is 1290. The Kier molecular flexibility index (Phi) is 4.44. The van der Waals surface area contributed by atoms with E-state index in [1.165, 1.54) is 18.2 Å². The second-order valence-corrected chi connectivity index (χ2v) is 6.44. The van der Waals surface area contributed by atoms with Crippen molar-refractivity contribution in [3.05, 3.63) is 87.7 Å². The van der Waals surface area contributed by atoms with Gasteiger partial charge in [0.2, 0.25) is 0 Å². The number of non-ortho nitro benzene ring substituents is 1. The van der Waals surface area contributed by atoms with Crippen LogP contribution in [0.5, 0.6) is 0 Å². The second kappa shape index (κ2) is 7.08. The third-order valence-electron chi connectivity index (χ3n) is 4.64. The molecule has 2 N–H and O–H groups in total. The molecule has 0 aliphatic rings. The van der Waals surface area contributed by atoms with Gasteiger partial charge in [-0.15, -0.1) is 0 Å². The minimum Gasteiger partial charge on any atom is -0.450 e. The van der Waals surface area contributed by atoms with Gasteiger partial charge in [-0.1, -0.05) is 42.5 Å².